The topological polar surface area (TPSA) is 56.3 Å². The van der Waals surface area contributed by atoms with Crippen molar-refractivity contribution in [1.82, 2.24) is 4.98 Å². The first kappa shape index (κ1) is 10.9. The Labute approximate surface area is 104 Å². The lowest BCUT2D eigenvalue weighted by atomic mass is 10.0. The van der Waals surface area contributed by atoms with E-state index in [2.05, 4.69) is 9.72 Å². The maximum Gasteiger partial charge on any atom is 0.317 e. The zero-order chi connectivity index (χ0) is 12.5. The van der Waals surface area contributed by atoms with Crippen molar-refractivity contribution in [2.24, 2.45) is 5.92 Å². The van der Waals surface area contributed by atoms with Crippen LogP contribution in [0.5, 0.6) is 0 Å². The van der Waals surface area contributed by atoms with Gasteiger partial charge in [0.25, 0.3) is 0 Å². The lowest BCUT2D eigenvalue weighted by Gasteiger charge is -2.05. The molecule has 1 saturated heterocycles. The van der Waals surface area contributed by atoms with E-state index < -0.39 is 11.9 Å². The number of para-hydroxylation sites is 1. The minimum atomic E-state index is -0.439. The van der Waals surface area contributed by atoms with Crippen molar-refractivity contribution in [2.45, 2.75) is 12.8 Å². The molecule has 0 spiro atoms. The van der Waals surface area contributed by atoms with Gasteiger partial charge in [-0.05, 0) is 12.1 Å². The summed E-state index contributed by atoms with van der Waals surface area (Å²) in [5.41, 5.74) is 1.71. The molecule has 4 nitrogen and oxygen atoms in total. The van der Waals surface area contributed by atoms with E-state index in [1.54, 1.807) is 0 Å². The normalized spacial score (nSPS) is 19.2. The van der Waals surface area contributed by atoms with Crippen LogP contribution < -0.4 is 0 Å². The second-order valence-corrected chi connectivity index (χ2v) is 4.39. The summed E-state index contributed by atoms with van der Waals surface area (Å²) >= 11 is 0. The van der Waals surface area contributed by atoms with Crippen LogP contribution in [0.3, 0.4) is 0 Å². The van der Waals surface area contributed by atoms with E-state index in [0.29, 0.717) is 6.42 Å². The minimum Gasteiger partial charge on any atom is -0.393 e. The fraction of sp³-hybridized carbons (Fsp3) is 0.214. The standard InChI is InChI=1S/C14H11NO3/c16-13-8-10(14(17)18-13)7-11-6-5-9-3-1-2-4-12(9)15-11/h1-6,10H,7-8H2. The summed E-state index contributed by atoms with van der Waals surface area (Å²) in [6.07, 6.45) is 0.614. The molecule has 2 heterocycles. The van der Waals surface area contributed by atoms with Gasteiger partial charge in [-0.2, -0.15) is 0 Å². The van der Waals surface area contributed by atoms with Crippen LogP contribution in [0.15, 0.2) is 36.4 Å². The van der Waals surface area contributed by atoms with Crippen LogP contribution in [0.25, 0.3) is 10.9 Å². The second-order valence-electron chi connectivity index (χ2n) is 4.39. The third kappa shape index (κ3) is 1.97. The summed E-state index contributed by atoms with van der Waals surface area (Å²) < 4.78 is 4.53. The van der Waals surface area contributed by atoms with Gasteiger partial charge in [-0.3, -0.25) is 14.6 Å². The number of fused-ring (bicyclic) bond motifs is 1. The summed E-state index contributed by atoms with van der Waals surface area (Å²) in [4.78, 5) is 26.9. The molecule has 2 aromatic rings. The molecule has 1 unspecified atom stereocenters. The number of benzene rings is 1. The van der Waals surface area contributed by atoms with Crippen LogP contribution in [-0.2, 0) is 20.7 Å². The SMILES string of the molecule is O=C1CC(Cc2ccc3ccccc3n2)C(=O)O1. The number of aromatic nitrogens is 1. The van der Waals surface area contributed by atoms with Crippen LogP contribution in [-0.4, -0.2) is 16.9 Å². The predicted molar refractivity (Wildman–Crippen MR) is 64.7 cm³/mol. The summed E-state index contributed by atoms with van der Waals surface area (Å²) in [7, 11) is 0. The number of hydrogen-bond acceptors (Lipinski definition) is 4. The summed E-state index contributed by atoms with van der Waals surface area (Å²) in [5, 5.41) is 1.06. The third-order valence-electron chi connectivity index (χ3n) is 3.07. The molecule has 4 heteroatoms. The summed E-state index contributed by atoms with van der Waals surface area (Å²) in [5.74, 6) is -1.26. The van der Waals surface area contributed by atoms with Crippen LogP contribution in [0.1, 0.15) is 12.1 Å². The Morgan fingerprint density at radius 1 is 1.17 bits per heavy atom. The van der Waals surface area contributed by atoms with Gasteiger partial charge in [0.1, 0.15) is 0 Å². The molecule has 0 saturated carbocycles. The summed E-state index contributed by atoms with van der Waals surface area (Å²) in [6.45, 7) is 0. The Balaban J connectivity index is 1.87. The number of pyridine rings is 1. The molecular formula is C14H11NO3. The van der Waals surface area contributed by atoms with Crippen LogP contribution in [0.2, 0.25) is 0 Å². The Morgan fingerprint density at radius 3 is 2.78 bits per heavy atom. The zero-order valence-corrected chi connectivity index (χ0v) is 9.63. The molecule has 1 atom stereocenters. The Bertz CT molecular complexity index is 636. The zero-order valence-electron chi connectivity index (χ0n) is 9.63. The number of carbonyl (C=O) groups is 2. The monoisotopic (exact) mass is 241 g/mol. The largest absolute Gasteiger partial charge is 0.393 e. The molecule has 1 fully saturated rings. The molecule has 0 bridgehead atoms. The number of ether oxygens (including phenoxy) is 1. The highest BCUT2D eigenvalue weighted by atomic mass is 16.6. The maximum absolute atomic E-state index is 11.4. The van der Waals surface area contributed by atoms with E-state index >= 15 is 0 Å². The van der Waals surface area contributed by atoms with E-state index in [9.17, 15) is 9.59 Å². The number of nitrogens with zero attached hydrogens (tertiary/aromatic N) is 1. The van der Waals surface area contributed by atoms with Crippen molar-refractivity contribution in [3.63, 3.8) is 0 Å². The van der Waals surface area contributed by atoms with Crippen LogP contribution >= 0.6 is 0 Å². The van der Waals surface area contributed by atoms with Gasteiger partial charge in [0, 0.05) is 17.5 Å². The van der Waals surface area contributed by atoms with Crippen molar-refractivity contribution in [3.8, 4) is 0 Å². The highest BCUT2D eigenvalue weighted by Crippen LogP contribution is 2.21. The van der Waals surface area contributed by atoms with Gasteiger partial charge in [0.15, 0.2) is 0 Å². The van der Waals surface area contributed by atoms with Gasteiger partial charge in [-0.1, -0.05) is 24.3 Å². The lowest BCUT2D eigenvalue weighted by molar-refractivity contribution is -0.153. The van der Waals surface area contributed by atoms with Crippen molar-refractivity contribution in [1.29, 1.82) is 0 Å². The number of rotatable bonds is 2. The Morgan fingerprint density at radius 2 is 2.00 bits per heavy atom. The average molecular weight is 241 g/mol. The van der Waals surface area contributed by atoms with E-state index in [4.69, 9.17) is 0 Å². The number of carbonyl (C=O) groups excluding carboxylic acids is 2. The smallest absolute Gasteiger partial charge is 0.317 e. The molecule has 1 aliphatic rings. The minimum absolute atomic E-state index is 0.160. The highest BCUT2D eigenvalue weighted by Gasteiger charge is 2.33. The van der Waals surface area contributed by atoms with Crippen molar-refractivity contribution < 1.29 is 14.3 Å². The molecule has 3 rings (SSSR count). The average Bonchev–Trinajstić information content (AvgIpc) is 2.68. The second kappa shape index (κ2) is 4.22. The first-order chi connectivity index (χ1) is 8.72. The van der Waals surface area contributed by atoms with Gasteiger partial charge < -0.3 is 4.74 Å². The molecule has 0 amide bonds. The Kier molecular flexibility index (Phi) is 2.55. The van der Waals surface area contributed by atoms with Gasteiger partial charge in [0.05, 0.1) is 17.9 Å². The summed E-state index contributed by atoms with van der Waals surface area (Å²) in [6, 6.07) is 11.7. The molecule has 18 heavy (non-hydrogen) atoms. The molecule has 1 aliphatic heterocycles. The molecule has 0 aliphatic carbocycles. The molecule has 1 aromatic carbocycles. The van der Waals surface area contributed by atoms with Gasteiger partial charge in [-0.15, -0.1) is 0 Å². The van der Waals surface area contributed by atoms with E-state index in [0.717, 1.165) is 16.6 Å². The lowest BCUT2D eigenvalue weighted by Crippen LogP contribution is -2.11. The predicted octanol–water partition coefficient (Wildman–Crippen LogP) is 1.87. The van der Waals surface area contributed by atoms with Crippen molar-refractivity contribution in [2.75, 3.05) is 0 Å². The molecule has 0 N–H and O–H groups in total. The van der Waals surface area contributed by atoms with Crippen molar-refractivity contribution >= 4 is 22.8 Å². The van der Waals surface area contributed by atoms with E-state index in [-0.39, 0.29) is 12.3 Å². The molecule has 0 radical (unpaired) electrons. The maximum atomic E-state index is 11.4. The van der Waals surface area contributed by atoms with Gasteiger partial charge in [-0.25, -0.2) is 0 Å². The van der Waals surface area contributed by atoms with Crippen molar-refractivity contribution in [3.05, 3.63) is 42.1 Å². The first-order valence-electron chi connectivity index (χ1n) is 5.81. The fourth-order valence-electron chi connectivity index (χ4n) is 2.15. The molecule has 90 valence electrons. The van der Waals surface area contributed by atoms with Crippen LogP contribution in [0.4, 0.5) is 0 Å². The fourth-order valence-corrected chi connectivity index (χ4v) is 2.15. The van der Waals surface area contributed by atoms with E-state index in [1.165, 1.54) is 0 Å². The third-order valence-corrected chi connectivity index (χ3v) is 3.07. The van der Waals surface area contributed by atoms with Gasteiger partial charge >= 0.3 is 11.9 Å². The number of esters is 2. The Hall–Kier alpha value is -2.23. The van der Waals surface area contributed by atoms with Crippen LogP contribution in [0, 0.1) is 5.92 Å². The molecular weight excluding hydrogens is 230 g/mol. The number of hydrogen-bond donors (Lipinski definition) is 0. The van der Waals surface area contributed by atoms with E-state index in [1.807, 2.05) is 36.4 Å². The van der Waals surface area contributed by atoms with Gasteiger partial charge in [0.2, 0.25) is 0 Å². The molecule has 1 aromatic heterocycles. The quantitative estimate of drug-likeness (QED) is 0.595. The number of cyclic esters (lactones) is 2. The first-order valence-corrected chi connectivity index (χ1v) is 5.81. The highest BCUT2D eigenvalue weighted by molar-refractivity contribution is 5.94.